The third-order valence-electron chi connectivity index (χ3n) is 24.1. The highest BCUT2D eigenvalue weighted by Crippen LogP contribution is 2.45. The van der Waals surface area contributed by atoms with E-state index in [0.29, 0.717) is 91.2 Å². The summed E-state index contributed by atoms with van der Waals surface area (Å²) < 4.78 is 18.9. The number of pyridine rings is 2. The van der Waals surface area contributed by atoms with E-state index in [1.54, 1.807) is 24.7 Å². The van der Waals surface area contributed by atoms with Gasteiger partial charge in [-0.05, 0) is 293 Å². The van der Waals surface area contributed by atoms with Crippen LogP contribution >= 0.6 is 46.4 Å². The van der Waals surface area contributed by atoms with Gasteiger partial charge in [0.2, 0.25) is 0 Å². The number of hydrogen-bond donors (Lipinski definition) is 0. The summed E-state index contributed by atoms with van der Waals surface area (Å²) in [6.45, 7) is 84.2. The molecule has 1 aliphatic carbocycles. The molecule has 0 saturated heterocycles. The topological polar surface area (TPSA) is 60.8 Å². The average molecular weight is 2070 g/mol. The van der Waals surface area contributed by atoms with Crippen molar-refractivity contribution in [3.8, 4) is 5.75 Å². The summed E-state index contributed by atoms with van der Waals surface area (Å²) in [6.07, 6.45) is 10.5. The lowest BCUT2D eigenvalue weighted by atomic mass is 9.86. The van der Waals surface area contributed by atoms with Gasteiger partial charge in [0.15, 0.2) is 0 Å². The summed E-state index contributed by atoms with van der Waals surface area (Å²) >= 11 is 22.8. The zero-order valence-corrected chi connectivity index (χ0v) is 101. The second-order valence-electron chi connectivity index (χ2n) is 43.9. The SMILES string of the molecule is CC(C)Cc1ccccc1.CC(C)c1cc(F)c(Cl)c(C2CC2)c1.CC(C)c1ccc(Cl)cn1.CC(C)c1ccc(Cl)nc1.CC(C)c1ncc(Cl)cn1.Cc1ccc(C(C)C)cc1.Cc1ccc(C(C)C)cc1.Cc1ccc(C(C)C)cc1.Cc1ccc(C(C)C)cc1.Cc1ccc(C(C)C)cc1.Cc1ccc(C(C)C)cc1.Cc1ccc(C(C)C)cc1C.Cc1ccc(OC(C)C)cc1.Cc1cccc(C(C)(C)C)c1. The summed E-state index contributed by atoms with van der Waals surface area (Å²) in [5.74, 6) is 9.12. The van der Waals surface area contributed by atoms with E-state index in [0.717, 1.165) is 47.2 Å². The molecular weight excluding hydrogens is 1880 g/mol. The second kappa shape index (κ2) is 71.4. The second-order valence-corrected chi connectivity index (χ2v) is 45.6. The van der Waals surface area contributed by atoms with Crippen LogP contribution in [0.25, 0.3) is 0 Å². The third kappa shape index (κ3) is 59.6. The molecule has 10 heteroatoms. The summed E-state index contributed by atoms with van der Waals surface area (Å²) in [4.78, 5) is 16.2. The molecule has 5 nitrogen and oxygen atoms in total. The Kier molecular flexibility index (Phi) is 64.5. The number of ether oxygens (including phenoxy) is 1. The lowest BCUT2D eigenvalue weighted by Gasteiger charge is -2.19. The number of aromatic nitrogens is 4. The minimum atomic E-state index is -0.264. The highest BCUT2D eigenvalue weighted by Gasteiger charge is 2.28. The van der Waals surface area contributed by atoms with Crippen molar-refractivity contribution in [2.45, 2.75) is 372 Å². The van der Waals surface area contributed by atoms with Crippen molar-refractivity contribution in [3.63, 3.8) is 0 Å². The number of benzene rings is 11. The van der Waals surface area contributed by atoms with Crippen LogP contribution in [-0.4, -0.2) is 26.0 Å². The molecule has 1 saturated carbocycles. The monoisotopic (exact) mass is 2060 g/mol. The van der Waals surface area contributed by atoms with Crippen LogP contribution in [-0.2, 0) is 11.8 Å². The van der Waals surface area contributed by atoms with Crippen molar-refractivity contribution >= 4 is 46.4 Å². The highest BCUT2D eigenvalue weighted by molar-refractivity contribution is 6.31. The minimum absolute atomic E-state index is 0.262. The van der Waals surface area contributed by atoms with Crippen LogP contribution in [0.2, 0.25) is 20.2 Å². The summed E-state index contributed by atoms with van der Waals surface area (Å²) in [7, 11) is 0. The van der Waals surface area contributed by atoms with E-state index in [1.807, 2.05) is 70.3 Å². The Hall–Kier alpha value is -10.3. The highest BCUT2D eigenvalue weighted by atomic mass is 35.5. The first-order chi connectivity index (χ1) is 69.0. The molecule has 14 aromatic rings. The maximum absolute atomic E-state index is 13.5. The molecule has 3 aromatic heterocycles. The van der Waals surface area contributed by atoms with Gasteiger partial charge in [0.25, 0.3) is 0 Å². The standard InChI is InChI=1S/C12H14ClF.2C11H16.C10H14O.7C10H14.2C8H10ClN.C7H9ClN2/c1-7(2)9-5-10(8-3-4-8)12(13)11(14)6-9;1-8(2)11-6-5-9(3)10(4)7-11;1-9-6-5-7-10(8-9)11(2,3)4;1-8(2)11-10-6-4-9(3)5-7-10;6*1-8(2)10-6-4-9(3)5-7-10;1-9(2)8-10-6-4-3-5-7-10;1-6(2)8-4-3-7(9)5-10-8;1-6(2)7-3-4-8(9)10-5-7;1-5(2)7-9-3-6(8)4-10-7/h5-8H,3-4H2,1-2H3;2*5-8H,1-4H3;4-8H,1-3H3;6*4-8H,1-3H3;3-7,9H,8H2,1-2H3;2*3-6H,1-2H3;3-5H,1-2H3. The predicted molar refractivity (Wildman–Crippen MR) is 649 cm³/mol. The van der Waals surface area contributed by atoms with E-state index >= 15 is 0 Å². The molecule has 3 heterocycles. The van der Waals surface area contributed by atoms with Crippen LogP contribution in [0.5, 0.6) is 5.75 Å². The van der Waals surface area contributed by atoms with Crippen molar-refractivity contribution in [2.75, 3.05) is 0 Å². The molecule has 11 aromatic carbocycles. The summed E-state index contributed by atoms with van der Waals surface area (Å²) in [6, 6.07) is 97.6. The van der Waals surface area contributed by atoms with Crippen molar-refractivity contribution in [3.05, 3.63) is 464 Å². The van der Waals surface area contributed by atoms with Crippen LogP contribution in [0.3, 0.4) is 0 Å². The Balaban J connectivity index is 0.000000535. The Bertz CT molecular complexity index is 5070. The molecule has 0 aliphatic heterocycles. The first-order valence-electron chi connectivity index (χ1n) is 53.5. The van der Waals surface area contributed by atoms with E-state index in [4.69, 9.17) is 51.1 Å². The van der Waals surface area contributed by atoms with Crippen LogP contribution in [0, 0.1) is 81.0 Å². The number of halogens is 5. The van der Waals surface area contributed by atoms with Gasteiger partial charge >= 0.3 is 0 Å². The van der Waals surface area contributed by atoms with Gasteiger partial charge in [-0.15, -0.1) is 0 Å². The number of hydrogen-bond acceptors (Lipinski definition) is 5. The fourth-order valence-electron chi connectivity index (χ4n) is 13.7. The van der Waals surface area contributed by atoms with Gasteiger partial charge in [0.05, 0.1) is 21.2 Å². The van der Waals surface area contributed by atoms with Gasteiger partial charge < -0.3 is 4.74 Å². The summed E-state index contributed by atoms with van der Waals surface area (Å²) in [5, 5.41) is 2.18. The molecule has 0 radical (unpaired) electrons. The maximum Gasteiger partial charge on any atom is 0.142 e. The van der Waals surface area contributed by atoms with Gasteiger partial charge in [0, 0.05) is 36.4 Å². The summed E-state index contributed by atoms with van der Waals surface area (Å²) in [5.41, 5.74) is 30.9. The average Bonchev–Trinajstić information content (AvgIpc) is 1.67. The van der Waals surface area contributed by atoms with E-state index in [1.165, 1.54) is 118 Å². The van der Waals surface area contributed by atoms with Crippen LogP contribution in [0.15, 0.2) is 304 Å². The first-order valence-corrected chi connectivity index (χ1v) is 55.0. The van der Waals surface area contributed by atoms with Gasteiger partial charge in [-0.25, -0.2) is 19.3 Å². The number of aryl methyl sites for hydroxylation is 10. The molecule has 0 N–H and O–H groups in total. The first kappa shape index (κ1) is 133. The molecular formula is C137H187Cl4FN4O. The van der Waals surface area contributed by atoms with Gasteiger partial charge in [-0.3, -0.25) is 4.98 Å². The molecule has 1 aliphatic rings. The Morgan fingerprint density at radius 1 is 0.293 bits per heavy atom. The van der Waals surface area contributed by atoms with Gasteiger partial charge in [-0.1, -0.05) is 521 Å². The van der Waals surface area contributed by atoms with Crippen LogP contribution in [0.1, 0.15) is 419 Å². The fourth-order valence-corrected chi connectivity index (χ4v) is 14.2. The van der Waals surface area contributed by atoms with E-state index in [9.17, 15) is 4.39 Å². The fraction of sp³-hybridized carbons (Fsp3) is 0.416. The van der Waals surface area contributed by atoms with Gasteiger partial charge in [-0.2, -0.15) is 0 Å². The number of rotatable bonds is 16. The van der Waals surface area contributed by atoms with Crippen molar-refractivity contribution in [1.82, 2.24) is 19.9 Å². The quantitative estimate of drug-likeness (QED) is 0.0902. The molecule has 1 fully saturated rings. The Morgan fingerprint density at radius 2 is 0.639 bits per heavy atom. The third-order valence-corrected chi connectivity index (χ3v) is 25.1. The Labute approximate surface area is 915 Å². The molecule has 147 heavy (non-hydrogen) atoms. The molecule has 0 amide bonds. The van der Waals surface area contributed by atoms with Crippen LogP contribution in [0.4, 0.5) is 4.39 Å². The largest absolute Gasteiger partial charge is 0.491 e. The van der Waals surface area contributed by atoms with Crippen molar-refractivity contribution < 1.29 is 9.13 Å². The molecule has 15 rings (SSSR count). The zero-order valence-electron chi connectivity index (χ0n) is 97.7. The lowest BCUT2D eigenvalue weighted by molar-refractivity contribution is 0.242. The van der Waals surface area contributed by atoms with E-state index < -0.39 is 0 Å². The zero-order chi connectivity index (χ0) is 111. The van der Waals surface area contributed by atoms with Crippen molar-refractivity contribution in [1.29, 1.82) is 0 Å². The molecule has 0 bridgehead atoms. The van der Waals surface area contributed by atoms with Crippen LogP contribution < -0.4 is 4.74 Å². The molecule has 796 valence electrons. The molecule has 0 spiro atoms. The lowest BCUT2D eigenvalue weighted by Crippen LogP contribution is -2.10. The smallest absolute Gasteiger partial charge is 0.142 e. The Morgan fingerprint density at radius 3 is 0.918 bits per heavy atom. The molecule has 0 atom stereocenters. The van der Waals surface area contributed by atoms with E-state index in [2.05, 4.69) is 499 Å². The van der Waals surface area contributed by atoms with Crippen molar-refractivity contribution in [2.24, 2.45) is 5.92 Å². The minimum Gasteiger partial charge on any atom is -0.491 e. The molecule has 0 unspecified atom stereocenters. The van der Waals surface area contributed by atoms with Gasteiger partial charge in [0.1, 0.15) is 22.5 Å². The van der Waals surface area contributed by atoms with E-state index in [-0.39, 0.29) is 17.3 Å². The normalized spacial score (nSPS) is 11.1. The maximum atomic E-state index is 13.5. The predicted octanol–water partition coefficient (Wildman–Crippen LogP) is 43.5. The number of nitrogens with zero attached hydrogens (tertiary/aromatic N) is 4.